The zero-order valence-corrected chi connectivity index (χ0v) is 10.2. The molecule has 2 amide bonds. The van der Waals surface area contributed by atoms with Crippen LogP contribution in [0.2, 0.25) is 0 Å². The number of benzene rings is 1. The topological polar surface area (TPSA) is 67.4 Å². The van der Waals surface area contributed by atoms with Gasteiger partial charge in [0.15, 0.2) is 0 Å². The number of para-hydroxylation sites is 2. The first-order valence-electron chi connectivity index (χ1n) is 5.96. The number of carbonyl (C=O) groups excluding carboxylic acids is 2. The van der Waals surface area contributed by atoms with Gasteiger partial charge in [-0.15, -0.1) is 0 Å². The van der Waals surface area contributed by atoms with Crippen molar-refractivity contribution in [3.05, 3.63) is 24.3 Å². The normalized spacial score (nSPS) is 18.4. The summed E-state index contributed by atoms with van der Waals surface area (Å²) in [6.45, 7) is 2.06. The van der Waals surface area contributed by atoms with E-state index in [9.17, 15) is 9.59 Å². The lowest BCUT2D eigenvalue weighted by Crippen LogP contribution is -2.27. The monoisotopic (exact) mass is 248 g/mol. The quantitative estimate of drug-likeness (QED) is 0.856. The second-order valence-corrected chi connectivity index (χ2v) is 4.22. The van der Waals surface area contributed by atoms with Crippen LogP contribution in [0, 0.1) is 0 Å². The average Bonchev–Trinajstić information content (AvgIpc) is 2.84. The molecule has 1 atom stereocenters. The summed E-state index contributed by atoms with van der Waals surface area (Å²) in [5.41, 5.74) is 1.18. The van der Waals surface area contributed by atoms with E-state index in [0.29, 0.717) is 18.0 Å². The molecule has 1 heterocycles. The van der Waals surface area contributed by atoms with E-state index in [1.54, 1.807) is 24.3 Å². The van der Waals surface area contributed by atoms with Gasteiger partial charge in [0.05, 0.1) is 11.4 Å². The van der Waals surface area contributed by atoms with E-state index in [0.717, 1.165) is 12.8 Å². The van der Waals surface area contributed by atoms with E-state index in [1.165, 1.54) is 6.92 Å². The van der Waals surface area contributed by atoms with Crippen LogP contribution in [-0.4, -0.2) is 24.5 Å². The molecule has 0 aromatic heterocycles. The van der Waals surface area contributed by atoms with Crippen molar-refractivity contribution < 1.29 is 14.3 Å². The number of rotatable bonds is 3. The molecule has 96 valence electrons. The lowest BCUT2D eigenvalue weighted by molar-refractivity contribution is -0.124. The lowest BCUT2D eigenvalue weighted by atomic mass is 10.2. The fraction of sp³-hybridized carbons (Fsp3) is 0.385. The Kier molecular flexibility index (Phi) is 3.94. The SMILES string of the molecule is CC(=O)Nc1ccccc1NC(=O)C1CCCO1. The molecule has 0 bridgehead atoms. The van der Waals surface area contributed by atoms with Crippen LogP contribution >= 0.6 is 0 Å². The van der Waals surface area contributed by atoms with Gasteiger partial charge in [-0.25, -0.2) is 0 Å². The fourth-order valence-electron chi connectivity index (χ4n) is 1.89. The predicted octanol–water partition coefficient (Wildman–Crippen LogP) is 1.76. The minimum atomic E-state index is -0.379. The van der Waals surface area contributed by atoms with Crippen LogP contribution < -0.4 is 10.6 Å². The Morgan fingerprint density at radius 3 is 2.44 bits per heavy atom. The van der Waals surface area contributed by atoms with Crippen molar-refractivity contribution in [1.29, 1.82) is 0 Å². The number of ether oxygens (including phenoxy) is 1. The van der Waals surface area contributed by atoms with Crippen molar-refractivity contribution in [2.45, 2.75) is 25.9 Å². The molecule has 2 rings (SSSR count). The molecule has 18 heavy (non-hydrogen) atoms. The predicted molar refractivity (Wildman–Crippen MR) is 68.3 cm³/mol. The molecule has 1 aliphatic heterocycles. The maximum absolute atomic E-state index is 11.9. The van der Waals surface area contributed by atoms with Gasteiger partial charge in [-0.1, -0.05) is 12.1 Å². The first kappa shape index (κ1) is 12.6. The minimum absolute atomic E-state index is 0.162. The van der Waals surface area contributed by atoms with Gasteiger partial charge in [-0.3, -0.25) is 9.59 Å². The van der Waals surface area contributed by atoms with Crippen molar-refractivity contribution in [2.75, 3.05) is 17.2 Å². The van der Waals surface area contributed by atoms with Gasteiger partial charge in [0, 0.05) is 13.5 Å². The van der Waals surface area contributed by atoms with Crippen LogP contribution in [0.15, 0.2) is 24.3 Å². The molecule has 2 N–H and O–H groups in total. The number of amides is 2. The number of anilines is 2. The van der Waals surface area contributed by atoms with E-state index in [4.69, 9.17) is 4.74 Å². The van der Waals surface area contributed by atoms with E-state index in [1.807, 2.05) is 0 Å². The summed E-state index contributed by atoms with van der Waals surface area (Å²) in [5, 5.41) is 5.45. The van der Waals surface area contributed by atoms with Crippen LogP contribution in [-0.2, 0) is 14.3 Å². The van der Waals surface area contributed by atoms with Crippen molar-refractivity contribution in [3.8, 4) is 0 Å². The van der Waals surface area contributed by atoms with Crippen molar-refractivity contribution in [2.24, 2.45) is 0 Å². The molecule has 1 unspecified atom stereocenters. The smallest absolute Gasteiger partial charge is 0.253 e. The maximum Gasteiger partial charge on any atom is 0.253 e. The van der Waals surface area contributed by atoms with Gasteiger partial charge in [-0.05, 0) is 25.0 Å². The van der Waals surface area contributed by atoms with E-state index in [-0.39, 0.29) is 17.9 Å². The second-order valence-electron chi connectivity index (χ2n) is 4.22. The van der Waals surface area contributed by atoms with Crippen LogP contribution in [0.1, 0.15) is 19.8 Å². The summed E-state index contributed by atoms with van der Waals surface area (Å²) in [6, 6.07) is 7.09. The third-order valence-electron chi connectivity index (χ3n) is 2.72. The summed E-state index contributed by atoms with van der Waals surface area (Å²) in [4.78, 5) is 23.0. The second kappa shape index (κ2) is 5.64. The Bertz CT molecular complexity index is 453. The fourth-order valence-corrected chi connectivity index (χ4v) is 1.89. The first-order chi connectivity index (χ1) is 8.66. The molecule has 1 fully saturated rings. The molecular formula is C13H16N2O3. The molecule has 1 saturated heterocycles. The average molecular weight is 248 g/mol. The van der Waals surface area contributed by atoms with Gasteiger partial charge in [0.2, 0.25) is 5.91 Å². The number of nitrogens with one attached hydrogen (secondary N) is 2. The third-order valence-corrected chi connectivity index (χ3v) is 2.72. The van der Waals surface area contributed by atoms with E-state index >= 15 is 0 Å². The third kappa shape index (κ3) is 3.07. The molecule has 5 nitrogen and oxygen atoms in total. The summed E-state index contributed by atoms with van der Waals surface area (Å²) in [6.07, 6.45) is 1.27. The van der Waals surface area contributed by atoms with Crippen LogP contribution in [0.3, 0.4) is 0 Å². The standard InChI is InChI=1S/C13H16N2O3/c1-9(16)14-10-5-2-3-6-11(10)15-13(17)12-7-4-8-18-12/h2-3,5-6,12H,4,7-8H2,1H3,(H,14,16)(H,15,17). The van der Waals surface area contributed by atoms with Crippen LogP contribution in [0.5, 0.6) is 0 Å². The van der Waals surface area contributed by atoms with Gasteiger partial charge < -0.3 is 15.4 Å². The summed E-state index contributed by atoms with van der Waals surface area (Å²) in [5.74, 6) is -0.334. The van der Waals surface area contributed by atoms with Crippen LogP contribution in [0.4, 0.5) is 11.4 Å². The minimum Gasteiger partial charge on any atom is -0.368 e. The molecule has 0 spiro atoms. The van der Waals surface area contributed by atoms with Gasteiger partial charge in [-0.2, -0.15) is 0 Å². The Morgan fingerprint density at radius 1 is 1.22 bits per heavy atom. The first-order valence-corrected chi connectivity index (χ1v) is 5.96. The van der Waals surface area contributed by atoms with Gasteiger partial charge in [0.1, 0.15) is 6.10 Å². The summed E-state index contributed by atoms with van der Waals surface area (Å²) < 4.78 is 5.31. The van der Waals surface area contributed by atoms with Crippen molar-refractivity contribution >= 4 is 23.2 Å². The van der Waals surface area contributed by atoms with Gasteiger partial charge in [0.25, 0.3) is 5.91 Å². The van der Waals surface area contributed by atoms with Crippen molar-refractivity contribution in [3.63, 3.8) is 0 Å². The molecule has 1 aliphatic rings. The molecule has 5 heteroatoms. The molecule has 1 aromatic rings. The zero-order valence-electron chi connectivity index (χ0n) is 10.2. The van der Waals surface area contributed by atoms with E-state index < -0.39 is 0 Å². The highest BCUT2D eigenvalue weighted by atomic mass is 16.5. The molecular weight excluding hydrogens is 232 g/mol. The largest absolute Gasteiger partial charge is 0.368 e. The number of carbonyl (C=O) groups is 2. The van der Waals surface area contributed by atoms with Crippen molar-refractivity contribution in [1.82, 2.24) is 0 Å². The van der Waals surface area contributed by atoms with E-state index in [2.05, 4.69) is 10.6 Å². The Hall–Kier alpha value is -1.88. The highest BCUT2D eigenvalue weighted by molar-refractivity contribution is 6.00. The molecule has 0 aliphatic carbocycles. The summed E-state index contributed by atoms with van der Waals surface area (Å²) >= 11 is 0. The molecule has 0 radical (unpaired) electrons. The molecule has 1 aromatic carbocycles. The number of hydrogen-bond acceptors (Lipinski definition) is 3. The number of hydrogen-bond donors (Lipinski definition) is 2. The molecule has 0 saturated carbocycles. The van der Waals surface area contributed by atoms with Crippen LogP contribution in [0.25, 0.3) is 0 Å². The Morgan fingerprint density at radius 2 is 1.89 bits per heavy atom. The Labute approximate surface area is 106 Å². The summed E-state index contributed by atoms with van der Waals surface area (Å²) in [7, 11) is 0. The highest BCUT2D eigenvalue weighted by Gasteiger charge is 2.24. The Balaban J connectivity index is 2.07. The highest BCUT2D eigenvalue weighted by Crippen LogP contribution is 2.22. The zero-order chi connectivity index (χ0) is 13.0. The lowest BCUT2D eigenvalue weighted by Gasteiger charge is -2.13. The van der Waals surface area contributed by atoms with Gasteiger partial charge >= 0.3 is 0 Å². The maximum atomic E-state index is 11.9.